The van der Waals surface area contributed by atoms with E-state index in [0.717, 1.165) is 11.4 Å². The van der Waals surface area contributed by atoms with Gasteiger partial charge in [-0.15, -0.1) is 0 Å². The summed E-state index contributed by atoms with van der Waals surface area (Å²) in [5.41, 5.74) is 2.21. The van der Waals surface area contributed by atoms with Crippen LogP contribution in [-0.4, -0.2) is 17.7 Å². The zero-order chi connectivity index (χ0) is 18.6. The number of anilines is 2. The van der Waals surface area contributed by atoms with Gasteiger partial charge in [0.15, 0.2) is 11.5 Å². The van der Waals surface area contributed by atoms with E-state index >= 15 is 0 Å². The molecule has 4 rings (SSSR count). The first-order chi connectivity index (χ1) is 13.2. The number of benzene rings is 2. The second kappa shape index (κ2) is 7.33. The predicted octanol–water partition coefficient (Wildman–Crippen LogP) is 3.62. The van der Waals surface area contributed by atoms with Crippen LogP contribution in [-0.2, 0) is 6.54 Å². The molecule has 6 nitrogen and oxygen atoms in total. The molecule has 0 fully saturated rings. The predicted molar refractivity (Wildman–Crippen MR) is 97.7 cm³/mol. The second-order valence-corrected chi connectivity index (χ2v) is 5.90. The molecule has 27 heavy (non-hydrogen) atoms. The van der Waals surface area contributed by atoms with Crippen molar-refractivity contribution in [3.63, 3.8) is 0 Å². The van der Waals surface area contributed by atoms with Crippen LogP contribution in [0.5, 0.6) is 11.5 Å². The Bertz CT molecular complexity index is 976. The van der Waals surface area contributed by atoms with E-state index < -0.39 is 0 Å². The van der Waals surface area contributed by atoms with Gasteiger partial charge in [-0.2, -0.15) is 0 Å². The van der Waals surface area contributed by atoms with E-state index in [1.165, 1.54) is 6.07 Å². The summed E-state index contributed by atoms with van der Waals surface area (Å²) >= 11 is 0. The number of amides is 1. The second-order valence-electron chi connectivity index (χ2n) is 5.90. The van der Waals surface area contributed by atoms with Crippen molar-refractivity contribution in [1.29, 1.82) is 0 Å². The Balaban J connectivity index is 1.38. The number of hydrogen-bond donors (Lipinski definition) is 2. The Morgan fingerprint density at radius 3 is 2.67 bits per heavy atom. The van der Waals surface area contributed by atoms with E-state index in [1.54, 1.807) is 36.5 Å². The van der Waals surface area contributed by atoms with Gasteiger partial charge in [-0.25, -0.2) is 9.37 Å². The molecule has 1 amide bonds. The van der Waals surface area contributed by atoms with Crippen LogP contribution in [0.1, 0.15) is 16.1 Å². The molecule has 0 atom stereocenters. The number of fused-ring (bicyclic) bond motifs is 1. The molecule has 1 aliphatic rings. The number of ether oxygens (including phenoxy) is 2. The van der Waals surface area contributed by atoms with E-state index in [9.17, 15) is 9.18 Å². The lowest BCUT2D eigenvalue weighted by Crippen LogP contribution is -2.24. The van der Waals surface area contributed by atoms with Gasteiger partial charge in [-0.1, -0.05) is 18.2 Å². The van der Waals surface area contributed by atoms with Gasteiger partial charge in [0.1, 0.15) is 11.5 Å². The van der Waals surface area contributed by atoms with Crippen LogP contribution in [0.4, 0.5) is 15.8 Å². The molecule has 2 aromatic carbocycles. The molecule has 0 aliphatic carbocycles. The molecule has 1 aliphatic heterocycles. The Morgan fingerprint density at radius 1 is 1.04 bits per heavy atom. The Labute approximate surface area is 155 Å². The first-order valence-electron chi connectivity index (χ1n) is 8.33. The van der Waals surface area contributed by atoms with Crippen molar-refractivity contribution < 1.29 is 18.7 Å². The fourth-order valence-electron chi connectivity index (χ4n) is 2.65. The molecule has 1 aromatic heterocycles. The van der Waals surface area contributed by atoms with E-state index in [2.05, 4.69) is 15.6 Å². The number of nitrogens with zero attached hydrogens (tertiary/aromatic N) is 1. The zero-order valence-corrected chi connectivity index (χ0v) is 14.2. The lowest BCUT2D eigenvalue weighted by atomic mass is 10.2. The number of aromatic nitrogens is 1. The van der Waals surface area contributed by atoms with Crippen LogP contribution in [0, 0.1) is 5.82 Å². The Hall–Kier alpha value is -3.61. The van der Waals surface area contributed by atoms with Gasteiger partial charge in [0.2, 0.25) is 6.79 Å². The van der Waals surface area contributed by atoms with E-state index in [0.29, 0.717) is 17.1 Å². The summed E-state index contributed by atoms with van der Waals surface area (Å²) in [6, 6.07) is 15.2. The fraction of sp³-hybridized carbons (Fsp3) is 0.100. The highest BCUT2D eigenvalue weighted by Gasteiger charge is 2.13. The summed E-state index contributed by atoms with van der Waals surface area (Å²) in [5.74, 6) is 0.666. The molecule has 0 unspecified atom stereocenters. The molecule has 136 valence electrons. The van der Waals surface area contributed by atoms with Crippen molar-refractivity contribution in [3.05, 3.63) is 77.9 Å². The molecule has 2 N–H and O–H groups in total. The average molecular weight is 365 g/mol. The van der Waals surface area contributed by atoms with Gasteiger partial charge >= 0.3 is 0 Å². The van der Waals surface area contributed by atoms with Crippen LogP contribution in [0.3, 0.4) is 0 Å². The van der Waals surface area contributed by atoms with E-state index in [-0.39, 0.29) is 30.8 Å². The number of carbonyl (C=O) groups is 1. The van der Waals surface area contributed by atoms with Gasteiger partial charge in [0.05, 0.1) is 11.9 Å². The molecular weight excluding hydrogens is 349 g/mol. The smallest absolute Gasteiger partial charge is 0.270 e. The van der Waals surface area contributed by atoms with Crippen molar-refractivity contribution in [2.75, 3.05) is 12.1 Å². The minimum absolute atomic E-state index is 0.102. The summed E-state index contributed by atoms with van der Waals surface area (Å²) in [4.78, 5) is 16.3. The van der Waals surface area contributed by atoms with Gasteiger partial charge in [0.25, 0.3) is 5.91 Å². The molecule has 0 spiro atoms. The first-order valence-corrected chi connectivity index (χ1v) is 8.33. The fourth-order valence-corrected chi connectivity index (χ4v) is 2.65. The quantitative estimate of drug-likeness (QED) is 0.722. The maximum atomic E-state index is 13.6. The Kier molecular flexibility index (Phi) is 4.57. The van der Waals surface area contributed by atoms with Crippen LogP contribution >= 0.6 is 0 Å². The number of nitrogens with one attached hydrogen (secondary N) is 2. The Morgan fingerprint density at radius 2 is 1.85 bits per heavy atom. The average Bonchev–Trinajstić information content (AvgIpc) is 3.15. The molecule has 0 saturated carbocycles. The molecule has 2 heterocycles. The topological polar surface area (TPSA) is 72.5 Å². The summed E-state index contributed by atoms with van der Waals surface area (Å²) in [7, 11) is 0. The minimum Gasteiger partial charge on any atom is -0.454 e. The van der Waals surface area contributed by atoms with E-state index in [4.69, 9.17) is 9.47 Å². The SMILES string of the molecule is O=C(NCc1ccccc1F)c1ccc(Nc2ccc3c(c2)OCO3)cn1. The lowest BCUT2D eigenvalue weighted by molar-refractivity contribution is 0.0945. The third-order valence-electron chi connectivity index (χ3n) is 4.05. The lowest BCUT2D eigenvalue weighted by Gasteiger charge is -2.09. The molecule has 0 saturated heterocycles. The number of rotatable bonds is 5. The standard InChI is InChI=1S/C20H16FN3O3/c21-16-4-2-1-3-13(16)10-23-20(25)17-7-5-15(11-22-17)24-14-6-8-18-19(9-14)27-12-26-18/h1-9,11,24H,10,12H2,(H,23,25). The third kappa shape index (κ3) is 3.82. The molecular formula is C20H16FN3O3. The summed E-state index contributed by atoms with van der Waals surface area (Å²) in [6.07, 6.45) is 1.56. The maximum absolute atomic E-state index is 13.6. The summed E-state index contributed by atoms with van der Waals surface area (Å²) in [5, 5.41) is 5.85. The molecule has 7 heteroatoms. The molecule has 0 bridgehead atoms. The maximum Gasteiger partial charge on any atom is 0.270 e. The number of pyridine rings is 1. The number of carbonyl (C=O) groups excluding carboxylic acids is 1. The largest absolute Gasteiger partial charge is 0.454 e. The van der Waals surface area contributed by atoms with Crippen LogP contribution in [0.25, 0.3) is 0 Å². The zero-order valence-electron chi connectivity index (χ0n) is 14.2. The van der Waals surface area contributed by atoms with Gasteiger partial charge in [0, 0.05) is 23.9 Å². The summed E-state index contributed by atoms with van der Waals surface area (Å²) in [6.45, 7) is 0.321. The number of halogens is 1. The normalized spacial score (nSPS) is 11.9. The van der Waals surface area contributed by atoms with Gasteiger partial charge in [-0.3, -0.25) is 4.79 Å². The van der Waals surface area contributed by atoms with Gasteiger partial charge in [-0.05, 0) is 30.3 Å². The minimum atomic E-state index is -0.368. The van der Waals surface area contributed by atoms with Crippen LogP contribution in [0.15, 0.2) is 60.8 Å². The van der Waals surface area contributed by atoms with Crippen molar-refractivity contribution in [2.45, 2.75) is 6.54 Å². The highest BCUT2D eigenvalue weighted by atomic mass is 19.1. The van der Waals surface area contributed by atoms with E-state index in [1.807, 2.05) is 18.2 Å². The highest BCUT2D eigenvalue weighted by molar-refractivity contribution is 5.92. The molecule has 0 radical (unpaired) electrons. The number of hydrogen-bond acceptors (Lipinski definition) is 5. The molecule has 3 aromatic rings. The van der Waals surface area contributed by atoms with Crippen molar-refractivity contribution in [3.8, 4) is 11.5 Å². The van der Waals surface area contributed by atoms with Gasteiger partial charge < -0.3 is 20.1 Å². The van der Waals surface area contributed by atoms with Crippen molar-refractivity contribution in [1.82, 2.24) is 10.3 Å². The summed E-state index contributed by atoms with van der Waals surface area (Å²) < 4.78 is 24.2. The van der Waals surface area contributed by atoms with Crippen LogP contribution < -0.4 is 20.1 Å². The first kappa shape index (κ1) is 16.8. The highest BCUT2D eigenvalue weighted by Crippen LogP contribution is 2.35. The third-order valence-corrected chi connectivity index (χ3v) is 4.05. The van der Waals surface area contributed by atoms with Crippen LogP contribution in [0.2, 0.25) is 0 Å². The monoisotopic (exact) mass is 365 g/mol. The van der Waals surface area contributed by atoms with Crippen molar-refractivity contribution in [2.24, 2.45) is 0 Å². The van der Waals surface area contributed by atoms with Crippen molar-refractivity contribution >= 4 is 17.3 Å².